The van der Waals surface area contributed by atoms with Gasteiger partial charge in [0.2, 0.25) is 0 Å². The predicted octanol–water partition coefficient (Wildman–Crippen LogP) is 5.96. The first-order chi connectivity index (χ1) is 10.1. The fourth-order valence-corrected chi connectivity index (χ4v) is 7.19. The second kappa shape index (κ2) is 3.19. The Morgan fingerprint density at radius 3 is 2.10 bits per heavy atom. The highest BCUT2D eigenvalue weighted by molar-refractivity contribution is 9.10. The largest absolute Gasteiger partial charge is 0.0530 e. The topological polar surface area (TPSA) is 0 Å². The summed E-state index contributed by atoms with van der Waals surface area (Å²) >= 11 is 7.41. The van der Waals surface area contributed by atoms with E-state index >= 15 is 0 Å². The van der Waals surface area contributed by atoms with E-state index in [1.807, 2.05) is 0 Å². The fraction of sp³-hybridized carbons (Fsp3) is 0.368. The lowest BCUT2D eigenvalue weighted by Gasteiger charge is -2.53. The molecule has 0 saturated heterocycles. The summed E-state index contributed by atoms with van der Waals surface area (Å²) in [7, 11) is 0. The average Bonchev–Trinajstić information content (AvgIpc) is 2.78. The van der Waals surface area contributed by atoms with Crippen molar-refractivity contribution in [1.29, 1.82) is 0 Å². The second-order valence-electron chi connectivity index (χ2n) is 7.50. The van der Waals surface area contributed by atoms with Gasteiger partial charge in [-0.3, -0.25) is 0 Å². The van der Waals surface area contributed by atoms with Gasteiger partial charge in [0.05, 0.1) is 0 Å². The van der Waals surface area contributed by atoms with Crippen molar-refractivity contribution in [1.82, 2.24) is 0 Å². The fourth-order valence-electron chi connectivity index (χ4n) is 6.47. The molecular weight excluding hydrogens is 388 g/mol. The summed E-state index contributed by atoms with van der Waals surface area (Å²) in [6, 6.07) is 13.9. The van der Waals surface area contributed by atoms with Gasteiger partial charge in [-0.25, -0.2) is 0 Å². The van der Waals surface area contributed by atoms with Gasteiger partial charge in [-0.1, -0.05) is 44.0 Å². The molecule has 0 aromatic heterocycles. The van der Waals surface area contributed by atoms with E-state index in [-0.39, 0.29) is 0 Å². The van der Waals surface area contributed by atoms with E-state index in [1.54, 1.807) is 11.1 Å². The summed E-state index contributed by atoms with van der Waals surface area (Å²) in [5, 5.41) is 0. The molecule has 5 aliphatic carbocycles. The third kappa shape index (κ3) is 1.01. The van der Waals surface area contributed by atoms with Crippen LogP contribution in [0.25, 0.3) is 11.1 Å². The molecule has 5 aliphatic rings. The molecule has 2 bridgehead atoms. The molecule has 2 heteroatoms. The molecule has 0 radical (unpaired) electrons. The molecule has 0 aliphatic heterocycles. The summed E-state index contributed by atoms with van der Waals surface area (Å²) in [5.74, 6) is 0. The van der Waals surface area contributed by atoms with Crippen LogP contribution < -0.4 is 0 Å². The highest BCUT2D eigenvalue weighted by Gasteiger charge is 2.90. The Morgan fingerprint density at radius 1 is 0.762 bits per heavy atom. The van der Waals surface area contributed by atoms with E-state index in [1.165, 1.54) is 45.8 Å². The molecule has 0 heterocycles. The van der Waals surface area contributed by atoms with Crippen LogP contribution in [0.5, 0.6) is 0 Å². The van der Waals surface area contributed by atoms with Crippen LogP contribution in [0.15, 0.2) is 45.3 Å². The lowest BCUT2D eigenvalue weighted by molar-refractivity contribution is 0.181. The normalized spacial score (nSPS) is 39.7. The van der Waals surface area contributed by atoms with Crippen molar-refractivity contribution in [2.45, 2.75) is 36.5 Å². The molecule has 4 saturated carbocycles. The van der Waals surface area contributed by atoms with Crippen LogP contribution in [0.2, 0.25) is 0 Å². The predicted molar refractivity (Wildman–Crippen MR) is 91.5 cm³/mol. The molecule has 104 valence electrons. The molecule has 4 fully saturated rings. The number of hydrogen-bond donors (Lipinski definition) is 0. The zero-order chi connectivity index (χ0) is 14.0. The molecule has 2 aromatic carbocycles. The standard InChI is InChI=1S/C19H14Br2/c20-11-1-3-13-14-4-2-12(21)8-16(14)19-10-17(19)5-6-18(19,9-17)15(13)7-11/h1-4,7-8H,5-6,9-10H2/t17?,18-,19+/m0/s1. The summed E-state index contributed by atoms with van der Waals surface area (Å²) in [5.41, 5.74) is 7.80. The van der Waals surface area contributed by atoms with Crippen molar-refractivity contribution < 1.29 is 0 Å². The molecule has 0 amide bonds. The maximum Gasteiger partial charge on any atom is 0.0178 e. The Morgan fingerprint density at radius 2 is 1.43 bits per heavy atom. The average molecular weight is 402 g/mol. The zero-order valence-corrected chi connectivity index (χ0v) is 14.7. The zero-order valence-electron chi connectivity index (χ0n) is 11.5. The summed E-state index contributed by atoms with van der Waals surface area (Å²) in [4.78, 5) is 0. The molecule has 0 nitrogen and oxygen atoms in total. The van der Waals surface area contributed by atoms with Crippen molar-refractivity contribution in [2.75, 3.05) is 0 Å². The van der Waals surface area contributed by atoms with Gasteiger partial charge in [0, 0.05) is 19.8 Å². The van der Waals surface area contributed by atoms with Crippen LogP contribution in [-0.4, -0.2) is 0 Å². The van der Waals surface area contributed by atoms with Crippen molar-refractivity contribution in [3.8, 4) is 11.1 Å². The van der Waals surface area contributed by atoms with E-state index in [9.17, 15) is 0 Å². The van der Waals surface area contributed by atoms with Gasteiger partial charge in [-0.05, 0) is 77.6 Å². The minimum atomic E-state index is 0.444. The molecule has 1 unspecified atom stereocenters. The monoisotopic (exact) mass is 400 g/mol. The molecule has 3 atom stereocenters. The van der Waals surface area contributed by atoms with E-state index < -0.39 is 0 Å². The molecular formula is C19H14Br2. The SMILES string of the molecule is Brc1ccc2c(c1)[C@]13CCC4(C1)C[C@@]43c1cc(Br)ccc1-2. The van der Waals surface area contributed by atoms with Crippen LogP contribution in [0.1, 0.15) is 36.8 Å². The Balaban J connectivity index is 1.78. The number of rotatable bonds is 0. The second-order valence-corrected chi connectivity index (χ2v) is 9.33. The maximum atomic E-state index is 3.70. The van der Waals surface area contributed by atoms with Gasteiger partial charge >= 0.3 is 0 Å². The van der Waals surface area contributed by atoms with E-state index in [0.717, 1.165) is 0 Å². The van der Waals surface area contributed by atoms with Crippen molar-refractivity contribution >= 4 is 31.9 Å². The number of hydrogen-bond acceptors (Lipinski definition) is 0. The number of benzene rings is 2. The van der Waals surface area contributed by atoms with E-state index in [0.29, 0.717) is 16.2 Å². The summed E-state index contributed by atoms with van der Waals surface area (Å²) < 4.78 is 2.47. The van der Waals surface area contributed by atoms with Gasteiger partial charge in [0.15, 0.2) is 0 Å². The maximum absolute atomic E-state index is 3.70. The molecule has 0 N–H and O–H groups in total. The lowest BCUT2D eigenvalue weighted by atomic mass is 9.50. The highest BCUT2D eigenvalue weighted by Crippen LogP contribution is 2.94. The summed E-state index contributed by atoms with van der Waals surface area (Å²) in [6.45, 7) is 0. The number of halogens is 2. The van der Waals surface area contributed by atoms with Crippen LogP contribution in [0, 0.1) is 5.41 Å². The van der Waals surface area contributed by atoms with Crippen LogP contribution >= 0.6 is 31.9 Å². The third-order valence-electron chi connectivity index (χ3n) is 7.10. The Bertz CT molecular complexity index is 799. The Hall–Kier alpha value is -0.600. The van der Waals surface area contributed by atoms with Crippen molar-refractivity contribution in [3.05, 3.63) is 56.5 Å². The molecule has 21 heavy (non-hydrogen) atoms. The number of fused-ring (bicyclic) bond motifs is 4. The van der Waals surface area contributed by atoms with Gasteiger partial charge in [-0.2, -0.15) is 0 Å². The van der Waals surface area contributed by atoms with E-state index in [2.05, 4.69) is 68.3 Å². The van der Waals surface area contributed by atoms with Crippen molar-refractivity contribution in [3.63, 3.8) is 0 Å². The minimum absolute atomic E-state index is 0.444. The first kappa shape index (κ1) is 11.9. The highest BCUT2D eigenvalue weighted by atomic mass is 79.9. The molecule has 7 rings (SSSR count). The summed E-state index contributed by atoms with van der Waals surface area (Å²) in [6.07, 6.45) is 5.68. The first-order valence-electron chi connectivity index (χ1n) is 7.73. The van der Waals surface area contributed by atoms with Gasteiger partial charge in [0.1, 0.15) is 0 Å². The van der Waals surface area contributed by atoms with Gasteiger partial charge < -0.3 is 0 Å². The smallest absolute Gasteiger partial charge is 0.0178 e. The van der Waals surface area contributed by atoms with Crippen LogP contribution in [0.4, 0.5) is 0 Å². The molecule has 3 spiro atoms. The van der Waals surface area contributed by atoms with Gasteiger partial charge in [0.25, 0.3) is 0 Å². The third-order valence-corrected chi connectivity index (χ3v) is 8.09. The Kier molecular flexibility index (Phi) is 1.81. The quantitative estimate of drug-likeness (QED) is 0.511. The van der Waals surface area contributed by atoms with Crippen LogP contribution in [-0.2, 0) is 10.8 Å². The van der Waals surface area contributed by atoms with Crippen LogP contribution in [0.3, 0.4) is 0 Å². The Labute approximate surface area is 141 Å². The van der Waals surface area contributed by atoms with Crippen molar-refractivity contribution in [2.24, 2.45) is 5.41 Å². The van der Waals surface area contributed by atoms with Gasteiger partial charge in [-0.15, -0.1) is 0 Å². The first-order valence-corrected chi connectivity index (χ1v) is 9.31. The molecule has 2 aromatic rings. The minimum Gasteiger partial charge on any atom is -0.0530 e. The lowest BCUT2D eigenvalue weighted by Crippen LogP contribution is -2.50. The van der Waals surface area contributed by atoms with E-state index in [4.69, 9.17) is 0 Å².